The number of hydrogen-bond acceptors (Lipinski definition) is 3. The maximum atomic E-state index is 12.8. The van der Waals surface area contributed by atoms with E-state index in [1.165, 1.54) is 18.2 Å². The highest BCUT2D eigenvalue weighted by molar-refractivity contribution is 5.78. The van der Waals surface area contributed by atoms with Crippen molar-refractivity contribution >= 4 is 5.91 Å². The van der Waals surface area contributed by atoms with E-state index < -0.39 is 24.3 Å². The van der Waals surface area contributed by atoms with Crippen LogP contribution in [0.2, 0.25) is 0 Å². The number of aromatic nitrogens is 1. The summed E-state index contributed by atoms with van der Waals surface area (Å²) in [6, 6.07) is 7.97. The number of nitrogens with one attached hydrogen (secondary N) is 1. The Hall–Kier alpha value is -2.57. The van der Waals surface area contributed by atoms with E-state index in [1.807, 2.05) is 0 Å². The Morgan fingerprint density at radius 2 is 2.00 bits per heavy atom. The van der Waals surface area contributed by atoms with Crippen molar-refractivity contribution in [2.75, 3.05) is 6.61 Å². The van der Waals surface area contributed by atoms with Gasteiger partial charge in [0.05, 0.1) is 11.6 Å². The first-order valence-corrected chi connectivity index (χ1v) is 6.86. The average molecular weight is 324 g/mol. The number of carbonyl (C=O) groups is 1. The Morgan fingerprint density at radius 1 is 1.26 bits per heavy atom. The minimum Gasteiger partial charge on any atom is -0.483 e. The van der Waals surface area contributed by atoms with E-state index in [4.69, 9.17) is 4.74 Å². The zero-order chi connectivity index (χ0) is 16.9. The van der Waals surface area contributed by atoms with Crippen LogP contribution in [0.5, 0.6) is 5.75 Å². The third kappa shape index (κ3) is 4.70. The Kier molecular flexibility index (Phi) is 5.20. The molecule has 1 aromatic heterocycles. The molecule has 23 heavy (non-hydrogen) atoms. The van der Waals surface area contributed by atoms with Crippen molar-refractivity contribution in [3.05, 3.63) is 59.9 Å². The molecule has 0 saturated heterocycles. The van der Waals surface area contributed by atoms with Gasteiger partial charge in [0, 0.05) is 12.4 Å². The SMILES string of the molecule is C[C@H](NC(=O)COc1ccccc1C(F)(F)F)c1cccnc1. The molecule has 2 rings (SSSR count). The van der Waals surface area contributed by atoms with Crippen LogP contribution < -0.4 is 10.1 Å². The molecule has 0 radical (unpaired) electrons. The number of pyridine rings is 1. The average Bonchev–Trinajstić information content (AvgIpc) is 2.53. The van der Waals surface area contributed by atoms with Crippen LogP contribution in [0, 0.1) is 0 Å². The van der Waals surface area contributed by atoms with Gasteiger partial charge >= 0.3 is 6.18 Å². The summed E-state index contributed by atoms with van der Waals surface area (Å²) in [5, 5.41) is 2.64. The highest BCUT2D eigenvalue weighted by Crippen LogP contribution is 2.35. The molecule has 122 valence electrons. The van der Waals surface area contributed by atoms with E-state index in [0.717, 1.165) is 11.6 Å². The number of nitrogens with zero attached hydrogens (tertiary/aromatic N) is 1. The van der Waals surface area contributed by atoms with E-state index in [-0.39, 0.29) is 11.8 Å². The highest BCUT2D eigenvalue weighted by Gasteiger charge is 2.34. The van der Waals surface area contributed by atoms with Crippen molar-refractivity contribution in [1.29, 1.82) is 0 Å². The lowest BCUT2D eigenvalue weighted by Crippen LogP contribution is -2.31. The molecule has 0 fully saturated rings. The second-order valence-electron chi connectivity index (χ2n) is 4.86. The predicted octanol–water partition coefficient (Wildman–Crippen LogP) is 3.36. The standard InChI is InChI=1S/C16H15F3N2O2/c1-11(12-5-4-8-20-9-12)21-15(22)10-23-14-7-3-2-6-13(14)16(17,18)19/h2-9,11H,10H2,1H3,(H,21,22)/t11-/m0/s1. The number of amides is 1. The summed E-state index contributed by atoms with van der Waals surface area (Å²) in [5.74, 6) is -0.887. The Bertz CT molecular complexity index is 660. The van der Waals surface area contributed by atoms with E-state index in [9.17, 15) is 18.0 Å². The second-order valence-corrected chi connectivity index (χ2v) is 4.86. The van der Waals surface area contributed by atoms with E-state index in [2.05, 4.69) is 10.3 Å². The van der Waals surface area contributed by atoms with Gasteiger partial charge in [0.2, 0.25) is 0 Å². The second kappa shape index (κ2) is 7.13. The number of alkyl halides is 3. The first-order chi connectivity index (χ1) is 10.9. The molecule has 0 saturated carbocycles. The Morgan fingerprint density at radius 3 is 2.65 bits per heavy atom. The van der Waals surface area contributed by atoms with Crippen molar-refractivity contribution in [1.82, 2.24) is 10.3 Å². The van der Waals surface area contributed by atoms with Crippen molar-refractivity contribution in [3.63, 3.8) is 0 Å². The Balaban J connectivity index is 1.95. The third-order valence-corrected chi connectivity index (χ3v) is 3.11. The zero-order valence-corrected chi connectivity index (χ0v) is 12.3. The van der Waals surface area contributed by atoms with Crippen LogP contribution in [-0.4, -0.2) is 17.5 Å². The van der Waals surface area contributed by atoms with Crippen molar-refractivity contribution in [3.8, 4) is 5.75 Å². The molecule has 2 aromatic rings. The number of carbonyl (C=O) groups excluding carboxylic acids is 1. The lowest BCUT2D eigenvalue weighted by atomic mass is 10.1. The first-order valence-electron chi connectivity index (χ1n) is 6.86. The summed E-state index contributed by atoms with van der Waals surface area (Å²) in [4.78, 5) is 15.8. The number of halogens is 3. The van der Waals surface area contributed by atoms with Gasteiger partial charge in [0.1, 0.15) is 5.75 Å². The number of ether oxygens (including phenoxy) is 1. The fraction of sp³-hybridized carbons (Fsp3) is 0.250. The smallest absolute Gasteiger partial charge is 0.419 e. The normalized spacial score (nSPS) is 12.5. The van der Waals surface area contributed by atoms with Crippen LogP contribution in [0.1, 0.15) is 24.1 Å². The van der Waals surface area contributed by atoms with Gasteiger partial charge in [-0.05, 0) is 30.7 Å². The van der Waals surface area contributed by atoms with Gasteiger partial charge in [-0.25, -0.2) is 0 Å². The maximum Gasteiger partial charge on any atom is 0.419 e. The van der Waals surface area contributed by atoms with Gasteiger partial charge in [-0.2, -0.15) is 13.2 Å². The molecule has 0 aliphatic heterocycles. The summed E-state index contributed by atoms with van der Waals surface area (Å²) >= 11 is 0. The largest absolute Gasteiger partial charge is 0.483 e. The molecule has 1 atom stereocenters. The number of rotatable bonds is 5. The number of hydrogen-bond donors (Lipinski definition) is 1. The van der Waals surface area contributed by atoms with Crippen LogP contribution in [-0.2, 0) is 11.0 Å². The quantitative estimate of drug-likeness (QED) is 0.917. The molecular weight excluding hydrogens is 309 g/mol. The molecular formula is C16H15F3N2O2. The van der Waals surface area contributed by atoms with Crippen molar-refractivity contribution < 1.29 is 22.7 Å². The van der Waals surface area contributed by atoms with Crippen LogP contribution in [0.3, 0.4) is 0 Å². The highest BCUT2D eigenvalue weighted by atomic mass is 19.4. The Labute approximate surface area is 131 Å². The molecule has 1 heterocycles. The molecule has 1 amide bonds. The zero-order valence-electron chi connectivity index (χ0n) is 12.3. The van der Waals surface area contributed by atoms with E-state index in [1.54, 1.807) is 31.5 Å². The molecule has 1 aromatic carbocycles. The minimum atomic E-state index is -4.53. The number of para-hydroxylation sites is 1. The lowest BCUT2D eigenvalue weighted by molar-refractivity contribution is -0.139. The topological polar surface area (TPSA) is 51.2 Å². The monoisotopic (exact) mass is 324 g/mol. The lowest BCUT2D eigenvalue weighted by Gasteiger charge is -2.16. The van der Waals surface area contributed by atoms with Crippen molar-refractivity contribution in [2.45, 2.75) is 19.1 Å². The summed E-state index contributed by atoms with van der Waals surface area (Å²) in [7, 11) is 0. The molecule has 0 aliphatic carbocycles. The van der Waals surface area contributed by atoms with E-state index >= 15 is 0 Å². The van der Waals surface area contributed by atoms with Gasteiger partial charge in [-0.3, -0.25) is 9.78 Å². The summed E-state index contributed by atoms with van der Waals surface area (Å²) in [5.41, 5.74) is -0.121. The van der Waals surface area contributed by atoms with Gasteiger partial charge in [0.15, 0.2) is 6.61 Å². The van der Waals surface area contributed by atoms with Crippen molar-refractivity contribution in [2.24, 2.45) is 0 Å². The van der Waals surface area contributed by atoms with Crippen LogP contribution in [0.15, 0.2) is 48.8 Å². The van der Waals surface area contributed by atoms with Gasteiger partial charge in [-0.15, -0.1) is 0 Å². The fourth-order valence-corrected chi connectivity index (χ4v) is 1.97. The third-order valence-electron chi connectivity index (χ3n) is 3.11. The first kappa shape index (κ1) is 16.8. The van der Waals surface area contributed by atoms with Gasteiger partial charge in [-0.1, -0.05) is 18.2 Å². The van der Waals surface area contributed by atoms with Crippen LogP contribution >= 0.6 is 0 Å². The molecule has 7 heteroatoms. The van der Waals surface area contributed by atoms with Crippen LogP contribution in [0.25, 0.3) is 0 Å². The molecule has 0 aliphatic rings. The molecule has 1 N–H and O–H groups in total. The number of benzene rings is 1. The van der Waals surface area contributed by atoms with E-state index in [0.29, 0.717) is 0 Å². The summed E-state index contributed by atoms with van der Waals surface area (Å²) in [6.07, 6.45) is -1.32. The fourth-order valence-electron chi connectivity index (χ4n) is 1.97. The molecule has 4 nitrogen and oxygen atoms in total. The molecule has 0 unspecified atom stereocenters. The summed E-state index contributed by atoms with van der Waals surface area (Å²) in [6.45, 7) is 1.25. The van der Waals surface area contributed by atoms with Gasteiger partial charge in [0.25, 0.3) is 5.91 Å². The van der Waals surface area contributed by atoms with Gasteiger partial charge < -0.3 is 10.1 Å². The van der Waals surface area contributed by atoms with Crippen LogP contribution in [0.4, 0.5) is 13.2 Å². The predicted molar refractivity (Wildman–Crippen MR) is 77.7 cm³/mol. The maximum absolute atomic E-state index is 12.8. The molecule has 0 bridgehead atoms. The minimum absolute atomic E-state index is 0.322. The molecule has 0 spiro atoms. The summed E-state index contributed by atoms with van der Waals surface area (Å²) < 4.78 is 43.5.